The Bertz CT molecular complexity index is 1080. The van der Waals surface area contributed by atoms with Crippen molar-refractivity contribution in [1.29, 1.82) is 0 Å². The topological polar surface area (TPSA) is 176 Å². The second-order valence-electron chi connectivity index (χ2n) is 6.70. The van der Waals surface area contributed by atoms with Gasteiger partial charge in [-0.3, -0.25) is 9.69 Å². The molecule has 12 heteroatoms. The van der Waals surface area contributed by atoms with Gasteiger partial charge in [-0.1, -0.05) is 4.98 Å². The summed E-state index contributed by atoms with van der Waals surface area (Å²) >= 11 is 2.64. The Morgan fingerprint density at radius 2 is 2.07 bits per heavy atom. The highest BCUT2D eigenvalue weighted by molar-refractivity contribution is 8.01. The van der Waals surface area contributed by atoms with Crippen LogP contribution in [0.25, 0.3) is 5.69 Å². The van der Waals surface area contributed by atoms with Crippen LogP contribution in [0.4, 0.5) is 11.6 Å². The number of nitrogens with two attached hydrogens (primary N) is 3. The number of carboxylic acid groups (broad SMARTS) is 1. The van der Waals surface area contributed by atoms with Crippen LogP contribution in [0.3, 0.4) is 0 Å². The number of carboxylic acids is 1. The number of nitrogens with zero attached hydrogens (tertiary/aromatic N) is 3. The van der Waals surface area contributed by atoms with Crippen LogP contribution in [0.1, 0.15) is 0 Å². The number of aromatic hydroxyl groups is 1. The van der Waals surface area contributed by atoms with Gasteiger partial charge in [0.25, 0.3) is 0 Å². The van der Waals surface area contributed by atoms with Crippen LogP contribution >= 0.6 is 23.5 Å². The number of hydrogen-bond donors (Lipinski definition) is 4. The van der Waals surface area contributed by atoms with Gasteiger partial charge in [-0.25, -0.2) is 0 Å². The molecule has 30 heavy (non-hydrogen) atoms. The minimum absolute atomic E-state index is 0.102. The summed E-state index contributed by atoms with van der Waals surface area (Å²) in [5.41, 5.74) is 18.8. The summed E-state index contributed by atoms with van der Waals surface area (Å²) in [5.74, 6) is -0.578. The third-order valence-electron chi connectivity index (χ3n) is 4.74. The maximum Gasteiger partial charge on any atom is 0.306 e. The van der Waals surface area contributed by atoms with Crippen molar-refractivity contribution in [2.75, 3.05) is 23.0 Å². The first-order valence-corrected chi connectivity index (χ1v) is 10.8. The fraction of sp³-hybridized carbons (Fsp3) is 0.222. The molecule has 1 fully saturated rings. The smallest absolute Gasteiger partial charge is 0.306 e. The molecule has 3 heterocycles. The van der Waals surface area contributed by atoms with Crippen molar-refractivity contribution in [3.05, 3.63) is 41.6 Å². The number of aliphatic carboxylic acids is 1. The number of benzene rings is 1. The molecule has 2 atom stereocenters. The SMILES string of the molecule is Nc1cc(N)[n+](-c2ccc(O)cc2)c(SCC2=C(C(=O)[O-])N3C(=O)C(N)[C@H]3SC2)n1. The Kier molecular flexibility index (Phi) is 5.22. The molecule has 10 nitrogen and oxygen atoms in total. The predicted molar refractivity (Wildman–Crippen MR) is 110 cm³/mol. The summed E-state index contributed by atoms with van der Waals surface area (Å²) in [4.78, 5) is 29.3. The van der Waals surface area contributed by atoms with Gasteiger partial charge in [0.05, 0.1) is 17.7 Å². The van der Waals surface area contributed by atoms with Crippen LogP contribution in [0.2, 0.25) is 0 Å². The number of amides is 1. The maximum atomic E-state index is 12.1. The number of phenols is 1. The second-order valence-corrected chi connectivity index (χ2v) is 8.75. The molecule has 7 N–H and O–H groups in total. The molecule has 1 aromatic carbocycles. The molecule has 0 bridgehead atoms. The van der Waals surface area contributed by atoms with Gasteiger partial charge >= 0.3 is 5.16 Å². The van der Waals surface area contributed by atoms with Gasteiger partial charge in [0.15, 0.2) is 0 Å². The molecule has 0 aliphatic carbocycles. The van der Waals surface area contributed by atoms with E-state index in [-0.39, 0.29) is 28.4 Å². The average molecular weight is 447 g/mol. The average Bonchev–Trinajstić information content (AvgIpc) is 2.71. The van der Waals surface area contributed by atoms with Crippen LogP contribution < -0.4 is 26.9 Å². The lowest BCUT2D eigenvalue weighted by Gasteiger charge is -2.49. The number of hydrogen-bond acceptors (Lipinski definition) is 10. The summed E-state index contributed by atoms with van der Waals surface area (Å²) in [6.07, 6.45) is 0. The zero-order chi connectivity index (χ0) is 21.6. The molecule has 2 aliphatic rings. The minimum atomic E-state index is -1.41. The Labute approximate surface area is 179 Å². The molecule has 156 valence electrons. The van der Waals surface area contributed by atoms with Crippen molar-refractivity contribution in [2.45, 2.75) is 16.6 Å². The fourth-order valence-electron chi connectivity index (χ4n) is 3.31. The van der Waals surface area contributed by atoms with E-state index in [0.29, 0.717) is 28.0 Å². The molecule has 0 saturated carbocycles. The van der Waals surface area contributed by atoms with E-state index in [9.17, 15) is 19.8 Å². The van der Waals surface area contributed by atoms with Crippen molar-refractivity contribution < 1.29 is 24.4 Å². The normalized spacial score (nSPS) is 20.7. The summed E-state index contributed by atoms with van der Waals surface area (Å²) in [5, 5.41) is 21.3. The van der Waals surface area contributed by atoms with Gasteiger partial charge in [0, 0.05) is 11.5 Å². The van der Waals surface area contributed by atoms with E-state index < -0.39 is 17.9 Å². The number of β-lactam (4-membered cyclic amide) rings is 1. The fourth-order valence-corrected chi connectivity index (χ4v) is 5.78. The minimum Gasteiger partial charge on any atom is -0.543 e. The first kappa shape index (κ1) is 20.3. The Balaban J connectivity index is 1.67. The number of nitrogen functional groups attached to an aromatic ring is 2. The number of carbonyl (C=O) groups is 2. The predicted octanol–water partition coefficient (Wildman–Crippen LogP) is -1.43. The van der Waals surface area contributed by atoms with Crippen molar-refractivity contribution in [3.63, 3.8) is 0 Å². The van der Waals surface area contributed by atoms with E-state index in [2.05, 4.69) is 4.98 Å². The zero-order valence-corrected chi connectivity index (χ0v) is 17.2. The largest absolute Gasteiger partial charge is 0.543 e. The van der Waals surface area contributed by atoms with Crippen LogP contribution in [-0.2, 0) is 9.59 Å². The number of carbonyl (C=O) groups excluding carboxylic acids is 2. The molecule has 0 radical (unpaired) electrons. The van der Waals surface area contributed by atoms with Gasteiger partial charge in [0.2, 0.25) is 17.5 Å². The number of thioether (sulfide) groups is 2. The number of phenolic OH excluding ortho intramolecular Hbond substituents is 1. The quantitative estimate of drug-likeness (QED) is 0.184. The number of anilines is 2. The summed E-state index contributed by atoms with van der Waals surface area (Å²) < 4.78 is 1.64. The molecule has 2 aliphatic heterocycles. The van der Waals surface area contributed by atoms with Crippen LogP contribution in [-0.4, -0.2) is 49.8 Å². The first-order valence-electron chi connectivity index (χ1n) is 8.82. The van der Waals surface area contributed by atoms with Gasteiger partial charge in [-0.15, -0.1) is 11.8 Å². The monoisotopic (exact) mass is 446 g/mol. The molecule has 0 spiro atoms. The van der Waals surface area contributed by atoms with Crippen LogP contribution in [0.15, 0.2) is 46.8 Å². The van der Waals surface area contributed by atoms with E-state index >= 15 is 0 Å². The summed E-state index contributed by atoms with van der Waals surface area (Å²) in [6, 6.07) is 7.16. The number of aromatic nitrogens is 2. The van der Waals surface area contributed by atoms with Crippen LogP contribution in [0.5, 0.6) is 5.75 Å². The van der Waals surface area contributed by atoms with Gasteiger partial charge in [0.1, 0.15) is 22.9 Å². The number of rotatable bonds is 5. The molecule has 1 amide bonds. The van der Waals surface area contributed by atoms with Crippen LogP contribution in [0, 0.1) is 0 Å². The Hall–Kier alpha value is -2.96. The standard InChI is InChI=1S/C18H18N6O4S2/c19-11-5-12(20)23(9-1-3-10(25)4-2-9)18(22-11)30-7-8-6-29-16-13(21)15(26)24(16)14(8)17(27)28/h1-5,13,16H,6-7,21H2,(H5,19,20,25,27,28)/t13?,16-/m1/s1. The van der Waals surface area contributed by atoms with E-state index in [1.165, 1.54) is 46.6 Å². The molecule has 2 aromatic rings. The molecule has 4 rings (SSSR count). The lowest BCUT2D eigenvalue weighted by molar-refractivity contribution is -0.626. The first-order chi connectivity index (χ1) is 14.3. The Morgan fingerprint density at radius 1 is 1.37 bits per heavy atom. The number of fused-ring (bicyclic) bond motifs is 1. The summed E-state index contributed by atoms with van der Waals surface area (Å²) in [7, 11) is 0. The highest BCUT2D eigenvalue weighted by Gasteiger charge is 2.50. The summed E-state index contributed by atoms with van der Waals surface area (Å²) in [6.45, 7) is 0. The van der Waals surface area contributed by atoms with E-state index in [0.717, 1.165) is 0 Å². The van der Waals surface area contributed by atoms with E-state index in [4.69, 9.17) is 17.2 Å². The molecule has 1 unspecified atom stereocenters. The third-order valence-corrected chi connectivity index (χ3v) is 7.12. The van der Waals surface area contributed by atoms with E-state index in [1.54, 1.807) is 16.7 Å². The van der Waals surface area contributed by atoms with Gasteiger partial charge < -0.3 is 32.2 Å². The lowest BCUT2D eigenvalue weighted by atomic mass is 10.0. The molecular formula is C18H18N6O4S2. The van der Waals surface area contributed by atoms with E-state index in [1.807, 2.05) is 0 Å². The second kappa shape index (κ2) is 7.70. The lowest BCUT2D eigenvalue weighted by Crippen LogP contribution is -2.69. The third kappa shape index (κ3) is 3.42. The molecule has 1 aromatic heterocycles. The van der Waals surface area contributed by atoms with Crippen molar-refractivity contribution in [1.82, 2.24) is 9.88 Å². The van der Waals surface area contributed by atoms with Gasteiger partial charge in [-0.05, 0) is 41.6 Å². The molecular weight excluding hydrogens is 428 g/mol. The van der Waals surface area contributed by atoms with Crippen molar-refractivity contribution in [2.24, 2.45) is 5.73 Å². The maximum absolute atomic E-state index is 12.1. The molecule has 1 saturated heterocycles. The zero-order valence-electron chi connectivity index (χ0n) is 15.5. The van der Waals surface area contributed by atoms with Crippen molar-refractivity contribution >= 4 is 47.0 Å². The highest BCUT2D eigenvalue weighted by atomic mass is 32.2. The van der Waals surface area contributed by atoms with Gasteiger partial charge in [-0.2, -0.15) is 4.57 Å². The highest BCUT2D eigenvalue weighted by Crippen LogP contribution is 2.40. The van der Waals surface area contributed by atoms with Crippen molar-refractivity contribution in [3.8, 4) is 11.4 Å². The Morgan fingerprint density at radius 3 is 2.73 bits per heavy atom.